The second kappa shape index (κ2) is 7.46. The predicted octanol–water partition coefficient (Wildman–Crippen LogP) is 2.80. The first-order chi connectivity index (χ1) is 10.1. The Balaban J connectivity index is 1.98. The first kappa shape index (κ1) is 15.8. The molecule has 1 amide bonds. The minimum absolute atomic E-state index is 0.0778. The minimum Gasteiger partial charge on any atom is -0.483 e. The van der Waals surface area contributed by atoms with Crippen molar-refractivity contribution < 1.29 is 9.53 Å². The van der Waals surface area contributed by atoms with Crippen molar-refractivity contribution in [2.45, 2.75) is 45.6 Å². The Morgan fingerprint density at radius 3 is 2.57 bits per heavy atom. The lowest BCUT2D eigenvalue weighted by atomic mass is 10.1. The summed E-state index contributed by atoms with van der Waals surface area (Å²) >= 11 is 0. The van der Waals surface area contributed by atoms with Crippen LogP contribution in [-0.2, 0) is 4.79 Å². The number of hydrogen-bond acceptors (Lipinski definition) is 3. The summed E-state index contributed by atoms with van der Waals surface area (Å²) in [6, 6.07) is 5.84. The fourth-order valence-electron chi connectivity index (χ4n) is 2.69. The van der Waals surface area contributed by atoms with E-state index in [2.05, 4.69) is 0 Å². The molecule has 0 aromatic heterocycles. The van der Waals surface area contributed by atoms with Crippen molar-refractivity contribution in [3.05, 3.63) is 29.3 Å². The fourth-order valence-corrected chi connectivity index (χ4v) is 2.69. The summed E-state index contributed by atoms with van der Waals surface area (Å²) in [5, 5.41) is 0. The molecule has 1 heterocycles. The summed E-state index contributed by atoms with van der Waals surface area (Å²) in [4.78, 5) is 14.2. The summed E-state index contributed by atoms with van der Waals surface area (Å²) in [6.07, 6.45) is 4.64. The van der Waals surface area contributed by atoms with E-state index >= 15 is 0 Å². The smallest absolute Gasteiger partial charge is 0.260 e. The lowest BCUT2D eigenvalue weighted by Crippen LogP contribution is -2.35. The van der Waals surface area contributed by atoms with Gasteiger partial charge in [-0.2, -0.15) is 0 Å². The largest absolute Gasteiger partial charge is 0.483 e. The summed E-state index contributed by atoms with van der Waals surface area (Å²) in [7, 11) is 0. The molecule has 1 aliphatic heterocycles. The molecule has 0 spiro atoms. The van der Waals surface area contributed by atoms with Crippen molar-refractivity contribution in [2.24, 2.45) is 5.73 Å². The molecule has 1 saturated heterocycles. The normalized spacial score (nSPS) is 17.2. The van der Waals surface area contributed by atoms with Gasteiger partial charge in [0.25, 0.3) is 5.91 Å². The summed E-state index contributed by atoms with van der Waals surface area (Å²) < 4.78 is 5.76. The second-order valence-electron chi connectivity index (χ2n) is 5.91. The number of rotatable bonds is 4. The van der Waals surface area contributed by atoms with Crippen LogP contribution in [0.4, 0.5) is 0 Å². The van der Waals surface area contributed by atoms with Gasteiger partial charge in [0.1, 0.15) is 5.75 Å². The Labute approximate surface area is 127 Å². The summed E-state index contributed by atoms with van der Waals surface area (Å²) in [5.41, 5.74) is 8.02. The first-order valence-electron chi connectivity index (χ1n) is 7.84. The summed E-state index contributed by atoms with van der Waals surface area (Å²) in [6.45, 7) is 5.75. The van der Waals surface area contributed by atoms with Crippen LogP contribution in [0, 0.1) is 6.92 Å². The molecule has 1 aromatic rings. The number of likely N-dealkylation sites (tertiary alicyclic amines) is 1. The molecule has 2 rings (SSSR count). The zero-order valence-electron chi connectivity index (χ0n) is 13.1. The second-order valence-corrected chi connectivity index (χ2v) is 5.91. The SMILES string of the molecule is Cc1ccc(C(C)N)c(OCC(=O)N2CCCCCC2)c1. The van der Waals surface area contributed by atoms with Gasteiger partial charge in [0.15, 0.2) is 6.61 Å². The highest BCUT2D eigenvalue weighted by atomic mass is 16.5. The molecule has 0 radical (unpaired) electrons. The maximum atomic E-state index is 12.3. The number of aryl methyl sites for hydroxylation is 1. The zero-order valence-corrected chi connectivity index (χ0v) is 13.1. The molecule has 1 atom stereocenters. The van der Waals surface area contributed by atoms with Crippen LogP contribution < -0.4 is 10.5 Å². The third kappa shape index (κ3) is 4.46. The van der Waals surface area contributed by atoms with Crippen LogP contribution >= 0.6 is 0 Å². The van der Waals surface area contributed by atoms with E-state index in [-0.39, 0.29) is 18.6 Å². The van der Waals surface area contributed by atoms with E-state index in [1.54, 1.807) is 0 Å². The molecule has 0 bridgehead atoms. The molecular formula is C17H26N2O2. The molecule has 0 saturated carbocycles. The van der Waals surface area contributed by atoms with E-state index < -0.39 is 0 Å². The predicted molar refractivity (Wildman–Crippen MR) is 84.3 cm³/mol. The highest BCUT2D eigenvalue weighted by Crippen LogP contribution is 2.25. The molecule has 116 valence electrons. The third-order valence-electron chi connectivity index (χ3n) is 3.97. The number of amides is 1. The van der Waals surface area contributed by atoms with E-state index in [9.17, 15) is 4.79 Å². The van der Waals surface area contributed by atoms with Gasteiger partial charge in [-0.25, -0.2) is 0 Å². The van der Waals surface area contributed by atoms with Crippen molar-refractivity contribution >= 4 is 5.91 Å². The number of benzene rings is 1. The molecule has 2 N–H and O–H groups in total. The van der Waals surface area contributed by atoms with Gasteiger partial charge in [-0.3, -0.25) is 4.79 Å². The molecule has 1 unspecified atom stereocenters. The van der Waals surface area contributed by atoms with Crippen LogP contribution in [0.15, 0.2) is 18.2 Å². The van der Waals surface area contributed by atoms with Crippen molar-refractivity contribution in [3.63, 3.8) is 0 Å². The third-order valence-corrected chi connectivity index (χ3v) is 3.97. The fraction of sp³-hybridized carbons (Fsp3) is 0.588. The van der Waals surface area contributed by atoms with Gasteiger partial charge < -0.3 is 15.4 Å². The summed E-state index contributed by atoms with van der Waals surface area (Å²) in [5.74, 6) is 0.808. The van der Waals surface area contributed by atoms with Crippen LogP contribution in [0.1, 0.15) is 49.8 Å². The molecule has 21 heavy (non-hydrogen) atoms. The maximum Gasteiger partial charge on any atom is 0.260 e. The van der Waals surface area contributed by atoms with Crippen LogP contribution in [0.25, 0.3) is 0 Å². The Kier molecular flexibility index (Phi) is 5.62. The van der Waals surface area contributed by atoms with Crippen LogP contribution in [0.5, 0.6) is 5.75 Å². The molecule has 1 aromatic carbocycles. The number of hydrogen-bond donors (Lipinski definition) is 1. The molecular weight excluding hydrogens is 264 g/mol. The monoisotopic (exact) mass is 290 g/mol. The van der Waals surface area contributed by atoms with Gasteiger partial charge in [0.05, 0.1) is 0 Å². The van der Waals surface area contributed by atoms with Gasteiger partial charge in [-0.1, -0.05) is 25.0 Å². The first-order valence-corrected chi connectivity index (χ1v) is 7.84. The Hall–Kier alpha value is -1.55. The minimum atomic E-state index is -0.103. The number of nitrogens with zero attached hydrogens (tertiary/aromatic N) is 1. The lowest BCUT2D eigenvalue weighted by molar-refractivity contribution is -0.133. The standard InChI is InChI=1S/C17H26N2O2/c1-13-7-8-15(14(2)18)16(11-13)21-12-17(20)19-9-5-3-4-6-10-19/h7-8,11,14H,3-6,9-10,12,18H2,1-2H3. The number of nitrogens with two attached hydrogens (primary N) is 1. The van der Waals surface area contributed by atoms with Crippen molar-refractivity contribution in [2.75, 3.05) is 19.7 Å². The number of carbonyl (C=O) groups is 1. The van der Waals surface area contributed by atoms with Gasteiger partial charge in [-0.15, -0.1) is 0 Å². The van der Waals surface area contributed by atoms with Gasteiger partial charge in [0.2, 0.25) is 0 Å². The average molecular weight is 290 g/mol. The van der Waals surface area contributed by atoms with E-state index in [0.29, 0.717) is 0 Å². The molecule has 4 nitrogen and oxygen atoms in total. The lowest BCUT2D eigenvalue weighted by Gasteiger charge is -2.21. The Morgan fingerprint density at radius 1 is 1.29 bits per heavy atom. The number of carbonyl (C=O) groups excluding carboxylic acids is 1. The molecule has 0 aliphatic carbocycles. The van der Waals surface area contributed by atoms with Gasteiger partial charge in [-0.05, 0) is 38.3 Å². The average Bonchev–Trinajstić information content (AvgIpc) is 2.73. The Morgan fingerprint density at radius 2 is 1.95 bits per heavy atom. The van der Waals surface area contributed by atoms with E-state index in [0.717, 1.165) is 42.8 Å². The zero-order chi connectivity index (χ0) is 15.2. The Bertz CT molecular complexity index is 478. The highest BCUT2D eigenvalue weighted by Gasteiger charge is 2.17. The van der Waals surface area contributed by atoms with E-state index in [4.69, 9.17) is 10.5 Å². The van der Waals surface area contributed by atoms with Crippen molar-refractivity contribution in [1.29, 1.82) is 0 Å². The van der Waals surface area contributed by atoms with Crippen LogP contribution in [0.3, 0.4) is 0 Å². The topological polar surface area (TPSA) is 55.6 Å². The van der Waals surface area contributed by atoms with Crippen LogP contribution in [0.2, 0.25) is 0 Å². The van der Waals surface area contributed by atoms with Crippen molar-refractivity contribution in [3.8, 4) is 5.75 Å². The molecule has 4 heteroatoms. The van der Waals surface area contributed by atoms with Crippen molar-refractivity contribution in [1.82, 2.24) is 4.90 Å². The maximum absolute atomic E-state index is 12.3. The van der Waals surface area contributed by atoms with E-state index in [1.165, 1.54) is 12.8 Å². The quantitative estimate of drug-likeness (QED) is 0.927. The van der Waals surface area contributed by atoms with E-state index in [1.807, 2.05) is 36.9 Å². The highest BCUT2D eigenvalue weighted by molar-refractivity contribution is 5.77. The van der Waals surface area contributed by atoms with Gasteiger partial charge in [0, 0.05) is 24.7 Å². The van der Waals surface area contributed by atoms with Gasteiger partial charge >= 0.3 is 0 Å². The molecule has 1 aliphatic rings. The molecule has 1 fully saturated rings. The number of ether oxygens (including phenoxy) is 1. The van der Waals surface area contributed by atoms with Crippen LogP contribution in [-0.4, -0.2) is 30.5 Å².